The lowest BCUT2D eigenvalue weighted by molar-refractivity contribution is -0.105. The second-order valence-electron chi connectivity index (χ2n) is 4.37. The summed E-state index contributed by atoms with van der Waals surface area (Å²) >= 11 is 0. The molecule has 0 aromatic carbocycles. The maximum atomic E-state index is 10.8. The molecule has 0 fully saturated rings. The van der Waals surface area contributed by atoms with Crippen LogP contribution in [0.3, 0.4) is 0 Å². The second-order valence-corrected chi connectivity index (χ2v) is 4.37. The number of carbonyl (C=O) groups excluding carboxylic acids is 1. The van der Waals surface area contributed by atoms with Gasteiger partial charge in [0.2, 0.25) is 0 Å². The van der Waals surface area contributed by atoms with Crippen LogP contribution >= 0.6 is 0 Å². The molecule has 0 atom stereocenters. The summed E-state index contributed by atoms with van der Waals surface area (Å²) in [5, 5.41) is 0. The van der Waals surface area contributed by atoms with Crippen LogP contribution in [-0.4, -0.2) is 6.29 Å². The third kappa shape index (κ3) is 5.95. The number of rotatable bonds is 7. The van der Waals surface area contributed by atoms with Crippen LogP contribution in [0.15, 0.2) is 11.6 Å². The fraction of sp³-hybridized carbons (Fsp3) is 0.769. The summed E-state index contributed by atoms with van der Waals surface area (Å²) in [6.45, 7) is 8.74. The molecule has 0 amide bonds. The Kier molecular flexibility index (Phi) is 7.45. The van der Waals surface area contributed by atoms with E-state index in [1.165, 1.54) is 0 Å². The zero-order chi connectivity index (χ0) is 11.0. The van der Waals surface area contributed by atoms with Crippen molar-refractivity contribution in [3.63, 3.8) is 0 Å². The zero-order valence-electron chi connectivity index (χ0n) is 10.0. The minimum Gasteiger partial charge on any atom is -0.298 e. The average molecular weight is 196 g/mol. The fourth-order valence-electron chi connectivity index (χ4n) is 1.46. The van der Waals surface area contributed by atoms with Gasteiger partial charge < -0.3 is 0 Å². The van der Waals surface area contributed by atoms with Gasteiger partial charge in [-0.1, -0.05) is 33.8 Å². The quantitative estimate of drug-likeness (QED) is 0.444. The van der Waals surface area contributed by atoms with Gasteiger partial charge in [0, 0.05) is 0 Å². The predicted molar refractivity (Wildman–Crippen MR) is 62.3 cm³/mol. The van der Waals surface area contributed by atoms with Gasteiger partial charge in [-0.25, -0.2) is 0 Å². The van der Waals surface area contributed by atoms with Crippen molar-refractivity contribution in [3.8, 4) is 0 Å². The molecule has 0 heterocycles. The average Bonchev–Trinajstić information content (AvgIpc) is 2.18. The molecule has 0 bridgehead atoms. The lowest BCUT2D eigenvalue weighted by atomic mass is 9.96. The molecule has 0 aromatic heterocycles. The van der Waals surface area contributed by atoms with E-state index in [2.05, 4.69) is 33.8 Å². The van der Waals surface area contributed by atoms with Crippen LogP contribution in [0.2, 0.25) is 0 Å². The number of hydrogen-bond donors (Lipinski definition) is 0. The van der Waals surface area contributed by atoms with E-state index in [4.69, 9.17) is 0 Å². The summed E-state index contributed by atoms with van der Waals surface area (Å²) < 4.78 is 0. The molecule has 0 N–H and O–H groups in total. The SMILES string of the molecule is CCC(C=C(C=O)CCC(C)C)CC. The van der Waals surface area contributed by atoms with E-state index in [-0.39, 0.29) is 0 Å². The van der Waals surface area contributed by atoms with Gasteiger partial charge in [-0.15, -0.1) is 0 Å². The lowest BCUT2D eigenvalue weighted by Gasteiger charge is -2.09. The van der Waals surface area contributed by atoms with Gasteiger partial charge in [-0.3, -0.25) is 4.79 Å². The summed E-state index contributed by atoms with van der Waals surface area (Å²) in [6, 6.07) is 0. The van der Waals surface area contributed by atoms with Crippen LogP contribution in [-0.2, 0) is 4.79 Å². The van der Waals surface area contributed by atoms with Gasteiger partial charge in [0.1, 0.15) is 6.29 Å². The summed E-state index contributed by atoms with van der Waals surface area (Å²) in [5.41, 5.74) is 0.993. The highest BCUT2D eigenvalue weighted by molar-refractivity contribution is 5.73. The van der Waals surface area contributed by atoms with E-state index in [1.807, 2.05) is 0 Å². The van der Waals surface area contributed by atoms with Crippen LogP contribution in [0, 0.1) is 11.8 Å². The molecule has 1 nitrogen and oxygen atoms in total. The van der Waals surface area contributed by atoms with Crippen molar-refractivity contribution in [2.45, 2.75) is 53.4 Å². The smallest absolute Gasteiger partial charge is 0.145 e. The Morgan fingerprint density at radius 2 is 1.79 bits per heavy atom. The first-order chi connectivity index (χ1) is 6.63. The molecular formula is C13H24O. The van der Waals surface area contributed by atoms with E-state index >= 15 is 0 Å². The molecule has 82 valence electrons. The topological polar surface area (TPSA) is 17.1 Å². The number of carbonyl (C=O) groups is 1. The van der Waals surface area contributed by atoms with Crippen LogP contribution in [0.4, 0.5) is 0 Å². The summed E-state index contributed by atoms with van der Waals surface area (Å²) in [6.07, 6.45) is 7.52. The zero-order valence-corrected chi connectivity index (χ0v) is 10.0. The van der Waals surface area contributed by atoms with E-state index in [0.717, 1.165) is 37.5 Å². The Morgan fingerprint density at radius 1 is 1.21 bits per heavy atom. The minimum atomic E-state index is 0.586. The van der Waals surface area contributed by atoms with Crippen LogP contribution in [0.25, 0.3) is 0 Å². The largest absolute Gasteiger partial charge is 0.298 e. The first-order valence-electron chi connectivity index (χ1n) is 5.79. The van der Waals surface area contributed by atoms with Crippen molar-refractivity contribution < 1.29 is 4.79 Å². The number of hydrogen-bond acceptors (Lipinski definition) is 1. The highest BCUT2D eigenvalue weighted by Crippen LogP contribution is 2.16. The van der Waals surface area contributed by atoms with Crippen molar-refractivity contribution >= 4 is 6.29 Å². The third-order valence-corrected chi connectivity index (χ3v) is 2.66. The van der Waals surface area contributed by atoms with Gasteiger partial charge in [-0.05, 0) is 43.1 Å². The molecule has 0 radical (unpaired) electrons. The predicted octanol–water partition coefficient (Wildman–Crippen LogP) is 3.98. The third-order valence-electron chi connectivity index (χ3n) is 2.66. The Morgan fingerprint density at radius 3 is 2.14 bits per heavy atom. The molecule has 0 aromatic rings. The Labute approximate surface area is 88.6 Å². The van der Waals surface area contributed by atoms with Gasteiger partial charge in [0.25, 0.3) is 0 Å². The van der Waals surface area contributed by atoms with Crippen molar-refractivity contribution in [1.82, 2.24) is 0 Å². The van der Waals surface area contributed by atoms with Crippen LogP contribution < -0.4 is 0 Å². The van der Waals surface area contributed by atoms with E-state index in [1.54, 1.807) is 0 Å². The monoisotopic (exact) mass is 196 g/mol. The first kappa shape index (κ1) is 13.4. The van der Waals surface area contributed by atoms with Gasteiger partial charge in [-0.2, -0.15) is 0 Å². The summed E-state index contributed by atoms with van der Waals surface area (Å²) in [5.74, 6) is 1.27. The summed E-state index contributed by atoms with van der Waals surface area (Å²) in [4.78, 5) is 10.8. The lowest BCUT2D eigenvalue weighted by Crippen LogP contribution is -1.97. The standard InChI is InChI=1S/C13H24O/c1-5-12(6-2)9-13(10-14)8-7-11(3)4/h9-12H,5-8H2,1-4H3. The molecule has 0 saturated carbocycles. The van der Waals surface area contributed by atoms with E-state index in [9.17, 15) is 4.79 Å². The van der Waals surface area contributed by atoms with Crippen LogP contribution in [0.5, 0.6) is 0 Å². The highest BCUT2D eigenvalue weighted by Gasteiger charge is 2.03. The normalized spacial score (nSPS) is 12.6. The molecule has 0 aliphatic rings. The van der Waals surface area contributed by atoms with E-state index in [0.29, 0.717) is 11.8 Å². The van der Waals surface area contributed by atoms with Crippen molar-refractivity contribution in [1.29, 1.82) is 0 Å². The highest BCUT2D eigenvalue weighted by atomic mass is 16.1. The molecular weight excluding hydrogens is 172 g/mol. The molecule has 14 heavy (non-hydrogen) atoms. The van der Waals surface area contributed by atoms with Gasteiger partial charge in [0.15, 0.2) is 0 Å². The van der Waals surface area contributed by atoms with Gasteiger partial charge in [0.05, 0.1) is 0 Å². The van der Waals surface area contributed by atoms with Gasteiger partial charge >= 0.3 is 0 Å². The molecule has 0 rings (SSSR count). The summed E-state index contributed by atoms with van der Waals surface area (Å²) in [7, 11) is 0. The molecule has 0 unspecified atom stereocenters. The molecule has 0 saturated heterocycles. The maximum Gasteiger partial charge on any atom is 0.145 e. The Hall–Kier alpha value is -0.590. The Bertz CT molecular complexity index is 176. The number of allylic oxidation sites excluding steroid dienone is 2. The van der Waals surface area contributed by atoms with Crippen molar-refractivity contribution in [2.75, 3.05) is 0 Å². The molecule has 1 heteroatoms. The number of aldehydes is 1. The molecule has 0 aliphatic carbocycles. The fourth-order valence-corrected chi connectivity index (χ4v) is 1.46. The van der Waals surface area contributed by atoms with Crippen LogP contribution in [0.1, 0.15) is 53.4 Å². The first-order valence-corrected chi connectivity index (χ1v) is 5.79. The Balaban J connectivity index is 4.15. The minimum absolute atomic E-state index is 0.586. The maximum absolute atomic E-state index is 10.8. The van der Waals surface area contributed by atoms with Crippen molar-refractivity contribution in [2.24, 2.45) is 11.8 Å². The van der Waals surface area contributed by atoms with Crippen molar-refractivity contribution in [3.05, 3.63) is 11.6 Å². The molecule has 0 spiro atoms. The van der Waals surface area contributed by atoms with E-state index < -0.39 is 0 Å². The second kappa shape index (κ2) is 7.78. The molecule has 0 aliphatic heterocycles.